The lowest BCUT2D eigenvalue weighted by Gasteiger charge is -2.34. The van der Waals surface area contributed by atoms with Gasteiger partial charge in [0.05, 0.1) is 0 Å². The van der Waals surface area contributed by atoms with Crippen molar-refractivity contribution in [2.45, 2.75) is 64.0 Å². The number of imide groups is 1. The van der Waals surface area contributed by atoms with E-state index in [1.807, 2.05) is 6.07 Å². The van der Waals surface area contributed by atoms with E-state index in [9.17, 15) is 19.5 Å². The molecule has 1 aromatic rings. The lowest BCUT2D eigenvalue weighted by molar-refractivity contribution is -0.140. The van der Waals surface area contributed by atoms with Gasteiger partial charge >= 0.3 is 6.03 Å². The Labute approximate surface area is 177 Å². The maximum absolute atomic E-state index is 13.1. The third-order valence-electron chi connectivity index (χ3n) is 6.89. The number of aromatic hydroxyl groups is 1. The van der Waals surface area contributed by atoms with Crippen LogP contribution in [-0.4, -0.2) is 51.4 Å². The van der Waals surface area contributed by atoms with Gasteiger partial charge in [0.1, 0.15) is 17.8 Å². The van der Waals surface area contributed by atoms with Crippen molar-refractivity contribution < 1.29 is 19.5 Å². The number of nitrogens with one attached hydrogen (secondary N) is 1. The van der Waals surface area contributed by atoms with Gasteiger partial charge in [0.25, 0.3) is 5.91 Å². The molecule has 30 heavy (non-hydrogen) atoms. The van der Waals surface area contributed by atoms with Crippen LogP contribution in [-0.2, 0) is 16.1 Å². The zero-order valence-corrected chi connectivity index (χ0v) is 17.6. The van der Waals surface area contributed by atoms with Gasteiger partial charge in [-0.1, -0.05) is 25.5 Å². The number of urea groups is 1. The molecule has 7 nitrogen and oxygen atoms in total. The molecule has 4 amide bonds. The van der Waals surface area contributed by atoms with Crippen molar-refractivity contribution in [1.29, 1.82) is 0 Å². The standard InChI is InChI=1S/C23H31N3O4/c1-2-16-8-10-23(11-9-16)21(29)26(22(30)24-23)15-20(28)25(13-17-6-7-17)14-18-4-3-5-19(27)12-18/h3-5,12,16-17,27H,2,6-11,13-15H2,1H3,(H,24,30). The summed E-state index contributed by atoms with van der Waals surface area (Å²) in [7, 11) is 0. The largest absolute Gasteiger partial charge is 0.508 e. The monoisotopic (exact) mass is 413 g/mol. The topological polar surface area (TPSA) is 90.0 Å². The van der Waals surface area contributed by atoms with Crippen molar-refractivity contribution in [2.24, 2.45) is 11.8 Å². The molecule has 2 N–H and O–H groups in total. The first-order valence-corrected chi connectivity index (χ1v) is 11.1. The van der Waals surface area contributed by atoms with Gasteiger partial charge in [0, 0.05) is 13.1 Å². The molecule has 1 aromatic carbocycles. The van der Waals surface area contributed by atoms with Crippen LogP contribution < -0.4 is 5.32 Å². The van der Waals surface area contributed by atoms with Crippen LogP contribution in [0, 0.1) is 11.8 Å². The zero-order chi connectivity index (χ0) is 21.3. The highest BCUT2D eigenvalue weighted by atomic mass is 16.3. The van der Waals surface area contributed by atoms with Gasteiger partial charge in [-0.2, -0.15) is 0 Å². The van der Waals surface area contributed by atoms with Crippen LogP contribution in [0.3, 0.4) is 0 Å². The predicted molar refractivity (Wildman–Crippen MR) is 111 cm³/mol. The fourth-order valence-corrected chi connectivity index (χ4v) is 4.71. The molecule has 1 heterocycles. The number of hydrogen-bond donors (Lipinski definition) is 2. The summed E-state index contributed by atoms with van der Waals surface area (Å²) < 4.78 is 0. The van der Waals surface area contributed by atoms with E-state index in [4.69, 9.17) is 0 Å². The second kappa shape index (κ2) is 8.28. The van der Waals surface area contributed by atoms with Crippen molar-refractivity contribution in [3.63, 3.8) is 0 Å². The summed E-state index contributed by atoms with van der Waals surface area (Å²) in [6.07, 6.45) is 6.42. The summed E-state index contributed by atoms with van der Waals surface area (Å²) >= 11 is 0. The average molecular weight is 414 g/mol. The fraction of sp³-hybridized carbons (Fsp3) is 0.609. The molecule has 162 valence electrons. The third-order valence-corrected chi connectivity index (χ3v) is 6.89. The maximum atomic E-state index is 13.1. The average Bonchev–Trinajstić information content (AvgIpc) is 3.52. The first-order chi connectivity index (χ1) is 14.4. The lowest BCUT2D eigenvalue weighted by atomic mass is 9.75. The molecule has 3 aliphatic rings. The number of carbonyl (C=O) groups is 3. The van der Waals surface area contributed by atoms with Gasteiger partial charge in [-0.05, 0) is 68.1 Å². The predicted octanol–water partition coefficient (Wildman–Crippen LogP) is 3.02. The van der Waals surface area contributed by atoms with Crippen molar-refractivity contribution >= 4 is 17.8 Å². The number of phenols is 1. The van der Waals surface area contributed by atoms with E-state index in [0.29, 0.717) is 37.8 Å². The summed E-state index contributed by atoms with van der Waals surface area (Å²) in [5.74, 6) is 0.759. The number of carbonyl (C=O) groups excluding carboxylic acids is 3. The number of nitrogens with zero attached hydrogens (tertiary/aromatic N) is 2. The molecule has 0 unspecified atom stereocenters. The summed E-state index contributed by atoms with van der Waals surface area (Å²) in [5.41, 5.74) is 0.00539. The Kier molecular flexibility index (Phi) is 5.71. The van der Waals surface area contributed by atoms with Gasteiger partial charge in [-0.3, -0.25) is 14.5 Å². The highest BCUT2D eigenvalue weighted by Gasteiger charge is 2.52. The van der Waals surface area contributed by atoms with Crippen LogP contribution in [0.25, 0.3) is 0 Å². The first kappa shape index (κ1) is 20.7. The van der Waals surface area contributed by atoms with Crippen LogP contribution in [0.15, 0.2) is 24.3 Å². The minimum absolute atomic E-state index is 0.157. The normalized spacial score (nSPS) is 26.2. The van der Waals surface area contributed by atoms with Gasteiger partial charge < -0.3 is 15.3 Å². The Morgan fingerprint density at radius 2 is 1.93 bits per heavy atom. The molecule has 3 fully saturated rings. The van der Waals surface area contributed by atoms with E-state index < -0.39 is 11.6 Å². The highest BCUT2D eigenvalue weighted by molar-refractivity contribution is 6.09. The molecule has 1 spiro atoms. The van der Waals surface area contributed by atoms with E-state index in [1.165, 1.54) is 0 Å². The van der Waals surface area contributed by atoms with E-state index in [0.717, 1.165) is 42.6 Å². The smallest absolute Gasteiger partial charge is 0.325 e. The maximum Gasteiger partial charge on any atom is 0.325 e. The van der Waals surface area contributed by atoms with Crippen molar-refractivity contribution in [3.05, 3.63) is 29.8 Å². The highest BCUT2D eigenvalue weighted by Crippen LogP contribution is 2.37. The summed E-state index contributed by atoms with van der Waals surface area (Å²) in [6, 6.07) is 6.39. The molecule has 0 radical (unpaired) electrons. The van der Waals surface area contributed by atoms with E-state index in [1.54, 1.807) is 23.1 Å². The minimum Gasteiger partial charge on any atom is -0.508 e. The van der Waals surface area contributed by atoms with Gasteiger partial charge in [-0.25, -0.2) is 4.79 Å². The first-order valence-electron chi connectivity index (χ1n) is 11.1. The van der Waals surface area contributed by atoms with Crippen molar-refractivity contribution in [2.75, 3.05) is 13.1 Å². The van der Waals surface area contributed by atoms with Crippen LogP contribution >= 0.6 is 0 Å². The van der Waals surface area contributed by atoms with Crippen LogP contribution in [0.4, 0.5) is 4.79 Å². The number of phenolic OH excluding ortho intramolecular Hbond substituents is 1. The molecule has 0 aromatic heterocycles. The molecule has 1 saturated heterocycles. The molecule has 7 heteroatoms. The summed E-state index contributed by atoms with van der Waals surface area (Å²) in [6.45, 7) is 2.90. The molecular formula is C23H31N3O4. The number of benzene rings is 1. The summed E-state index contributed by atoms with van der Waals surface area (Å²) in [4.78, 5) is 41.6. The quantitative estimate of drug-likeness (QED) is 0.673. The molecule has 0 bridgehead atoms. The number of amides is 4. The molecule has 2 aliphatic carbocycles. The minimum atomic E-state index is -0.824. The van der Waals surface area contributed by atoms with Gasteiger partial charge in [-0.15, -0.1) is 0 Å². The van der Waals surface area contributed by atoms with Crippen LogP contribution in [0.1, 0.15) is 57.4 Å². The van der Waals surface area contributed by atoms with E-state index in [-0.39, 0.29) is 24.1 Å². The Balaban J connectivity index is 1.44. The second-order valence-electron chi connectivity index (χ2n) is 9.14. The number of rotatable bonds is 7. The van der Waals surface area contributed by atoms with Gasteiger partial charge in [0.2, 0.25) is 5.91 Å². The van der Waals surface area contributed by atoms with Crippen LogP contribution in [0.2, 0.25) is 0 Å². The Bertz CT molecular complexity index is 827. The zero-order valence-electron chi connectivity index (χ0n) is 17.6. The Morgan fingerprint density at radius 3 is 2.57 bits per heavy atom. The molecule has 0 atom stereocenters. The Hall–Kier alpha value is -2.57. The second-order valence-corrected chi connectivity index (χ2v) is 9.14. The van der Waals surface area contributed by atoms with Crippen molar-refractivity contribution in [3.8, 4) is 5.75 Å². The molecule has 1 aliphatic heterocycles. The molecule has 2 saturated carbocycles. The van der Waals surface area contributed by atoms with Gasteiger partial charge in [0.15, 0.2) is 0 Å². The lowest BCUT2D eigenvalue weighted by Crippen LogP contribution is -2.50. The van der Waals surface area contributed by atoms with Crippen molar-refractivity contribution in [1.82, 2.24) is 15.1 Å². The Morgan fingerprint density at radius 1 is 1.20 bits per heavy atom. The summed E-state index contributed by atoms with van der Waals surface area (Å²) in [5, 5.41) is 12.6. The third kappa shape index (κ3) is 4.30. The fourth-order valence-electron chi connectivity index (χ4n) is 4.71. The van der Waals surface area contributed by atoms with E-state index >= 15 is 0 Å². The van der Waals surface area contributed by atoms with Crippen LogP contribution in [0.5, 0.6) is 5.75 Å². The SMILES string of the molecule is CCC1CCC2(CC1)NC(=O)N(CC(=O)N(Cc1cccc(O)c1)CC1CC1)C2=O. The van der Waals surface area contributed by atoms with E-state index in [2.05, 4.69) is 12.2 Å². The number of hydrogen-bond acceptors (Lipinski definition) is 4. The molecule has 4 rings (SSSR count). The molecular weight excluding hydrogens is 382 g/mol.